The predicted molar refractivity (Wildman–Crippen MR) is 137 cm³/mol. The first-order chi connectivity index (χ1) is 14.4. The van der Waals surface area contributed by atoms with Crippen molar-refractivity contribution in [2.45, 2.75) is 32.9 Å². The number of para-hydroxylation sites is 2. The molecule has 9 heteroatoms. The minimum Gasteiger partial charge on any atom is -0.493 e. The van der Waals surface area contributed by atoms with Gasteiger partial charge in [0.2, 0.25) is 10.0 Å². The van der Waals surface area contributed by atoms with Gasteiger partial charge in [-0.25, -0.2) is 13.4 Å². The Hall–Kier alpha value is -2.01. The lowest BCUT2D eigenvalue weighted by molar-refractivity contribution is 0.297. The molecule has 7 nitrogen and oxygen atoms in total. The Morgan fingerprint density at radius 2 is 1.74 bits per heavy atom. The van der Waals surface area contributed by atoms with Gasteiger partial charge in [-0.2, -0.15) is 0 Å². The zero-order valence-electron chi connectivity index (χ0n) is 17.9. The number of guanidine groups is 1. The van der Waals surface area contributed by atoms with E-state index in [1.165, 1.54) is 12.8 Å². The van der Waals surface area contributed by atoms with Gasteiger partial charge in [0, 0.05) is 18.7 Å². The van der Waals surface area contributed by atoms with Crippen molar-refractivity contribution in [3.05, 3.63) is 59.7 Å². The highest BCUT2D eigenvalue weighted by Crippen LogP contribution is 2.30. The van der Waals surface area contributed by atoms with E-state index in [1.807, 2.05) is 43.3 Å². The molecule has 170 valence electrons. The van der Waals surface area contributed by atoms with E-state index in [-0.39, 0.29) is 24.0 Å². The second-order valence-electron chi connectivity index (χ2n) is 7.44. The summed E-state index contributed by atoms with van der Waals surface area (Å²) in [7, 11) is -3.34. The Balaban J connectivity index is 0.00000341. The maximum Gasteiger partial charge on any atom is 0.229 e. The molecule has 0 unspecified atom stereocenters. The monoisotopic (exact) mass is 558 g/mol. The van der Waals surface area contributed by atoms with Gasteiger partial charge < -0.3 is 15.4 Å². The lowest BCUT2D eigenvalue weighted by Gasteiger charge is -2.15. The van der Waals surface area contributed by atoms with E-state index in [1.54, 1.807) is 12.1 Å². The van der Waals surface area contributed by atoms with Crippen LogP contribution in [0.1, 0.15) is 30.9 Å². The van der Waals surface area contributed by atoms with Gasteiger partial charge in [-0.3, -0.25) is 4.72 Å². The first-order valence-corrected chi connectivity index (χ1v) is 12.1. The summed E-state index contributed by atoms with van der Waals surface area (Å²) in [6.07, 6.45) is 3.65. The van der Waals surface area contributed by atoms with Crippen LogP contribution in [0, 0.1) is 5.92 Å². The normalized spacial score (nSPS) is 13.8. The molecule has 1 aliphatic rings. The number of sulfonamides is 1. The lowest BCUT2D eigenvalue weighted by atomic mass is 10.2. The van der Waals surface area contributed by atoms with Crippen LogP contribution in [-0.4, -0.2) is 33.8 Å². The molecule has 1 fully saturated rings. The number of nitrogens with one attached hydrogen (secondary N) is 3. The van der Waals surface area contributed by atoms with Crippen LogP contribution in [-0.2, 0) is 23.1 Å². The Labute approximate surface area is 202 Å². The van der Waals surface area contributed by atoms with Crippen molar-refractivity contribution < 1.29 is 13.2 Å². The van der Waals surface area contributed by atoms with Crippen LogP contribution in [0.5, 0.6) is 5.75 Å². The number of aliphatic imine (C=N–C) groups is 1. The van der Waals surface area contributed by atoms with Crippen molar-refractivity contribution >= 4 is 45.6 Å². The van der Waals surface area contributed by atoms with Gasteiger partial charge in [0.1, 0.15) is 5.75 Å². The molecule has 0 aliphatic heterocycles. The molecule has 3 N–H and O–H groups in total. The Kier molecular flexibility index (Phi) is 9.89. The van der Waals surface area contributed by atoms with E-state index in [9.17, 15) is 8.42 Å². The maximum absolute atomic E-state index is 11.6. The summed E-state index contributed by atoms with van der Waals surface area (Å²) in [5, 5.41) is 6.51. The molecule has 0 radical (unpaired) electrons. The number of benzene rings is 2. The van der Waals surface area contributed by atoms with Gasteiger partial charge in [0.25, 0.3) is 0 Å². The molecular formula is C22H31IN4O3S. The van der Waals surface area contributed by atoms with Crippen molar-refractivity contribution in [1.82, 2.24) is 10.6 Å². The standard InChI is InChI=1S/C22H30N4O3S.HI/c1-3-23-22(24-14-18-8-4-6-10-20(18)26-30(2,27)28)25-15-19-9-5-7-11-21(19)29-16-17-12-13-17;/h4-11,17,26H,3,12-16H2,1-2H3,(H2,23,24,25);1H. The first kappa shape index (κ1) is 25.3. The van der Waals surface area contributed by atoms with Crippen molar-refractivity contribution in [3.63, 3.8) is 0 Å². The summed E-state index contributed by atoms with van der Waals surface area (Å²) in [6, 6.07) is 15.3. The molecule has 1 saturated carbocycles. The zero-order valence-corrected chi connectivity index (χ0v) is 21.1. The molecule has 1 aliphatic carbocycles. The van der Waals surface area contributed by atoms with Crippen molar-refractivity contribution in [3.8, 4) is 5.75 Å². The summed E-state index contributed by atoms with van der Waals surface area (Å²) in [5.41, 5.74) is 2.43. The molecule has 0 aromatic heterocycles. The average molecular weight is 558 g/mol. The van der Waals surface area contributed by atoms with Gasteiger partial charge in [-0.05, 0) is 43.4 Å². The number of nitrogens with zero attached hydrogens (tertiary/aromatic N) is 1. The number of halogens is 1. The molecule has 3 rings (SSSR count). The smallest absolute Gasteiger partial charge is 0.229 e. The van der Waals surface area contributed by atoms with Crippen molar-refractivity contribution in [2.75, 3.05) is 24.1 Å². The van der Waals surface area contributed by atoms with Gasteiger partial charge >= 0.3 is 0 Å². The van der Waals surface area contributed by atoms with E-state index in [2.05, 4.69) is 20.3 Å². The van der Waals surface area contributed by atoms with Crippen LogP contribution in [0.2, 0.25) is 0 Å². The third-order valence-electron chi connectivity index (χ3n) is 4.65. The molecule has 0 atom stereocenters. The first-order valence-electron chi connectivity index (χ1n) is 10.2. The van der Waals surface area contributed by atoms with Crippen LogP contribution >= 0.6 is 24.0 Å². The number of hydrogen-bond donors (Lipinski definition) is 3. The molecule has 2 aromatic rings. The van der Waals surface area contributed by atoms with Crippen LogP contribution in [0.25, 0.3) is 0 Å². The minimum absolute atomic E-state index is 0. The zero-order chi connectivity index (χ0) is 21.4. The number of hydrogen-bond acceptors (Lipinski definition) is 4. The summed E-state index contributed by atoms with van der Waals surface area (Å²) < 4.78 is 31.7. The lowest BCUT2D eigenvalue weighted by Crippen LogP contribution is -2.37. The summed E-state index contributed by atoms with van der Waals surface area (Å²) >= 11 is 0. The van der Waals surface area contributed by atoms with Gasteiger partial charge in [-0.15, -0.1) is 24.0 Å². The van der Waals surface area contributed by atoms with E-state index < -0.39 is 10.0 Å². The molecule has 0 heterocycles. The molecule has 31 heavy (non-hydrogen) atoms. The molecule has 0 amide bonds. The van der Waals surface area contributed by atoms with E-state index in [0.29, 0.717) is 30.7 Å². The molecule has 0 spiro atoms. The Morgan fingerprint density at radius 1 is 1.06 bits per heavy atom. The van der Waals surface area contributed by atoms with Crippen LogP contribution < -0.4 is 20.1 Å². The number of rotatable bonds is 10. The van der Waals surface area contributed by atoms with Gasteiger partial charge in [0.05, 0.1) is 25.1 Å². The fraction of sp³-hybridized carbons (Fsp3) is 0.409. The average Bonchev–Trinajstić information content (AvgIpc) is 3.53. The Morgan fingerprint density at radius 3 is 2.42 bits per heavy atom. The SMILES string of the molecule is CCNC(=NCc1ccccc1OCC1CC1)NCc1ccccc1NS(C)(=O)=O.I. The van der Waals surface area contributed by atoms with Crippen LogP contribution in [0.15, 0.2) is 53.5 Å². The topological polar surface area (TPSA) is 91.8 Å². The summed E-state index contributed by atoms with van der Waals surface area (Å²) in [5.74, 6) is 2.23. The van der Waals surface area contributed by atoms with Crippen LogP contribution in [0.3, 0.4) is 0 Å². The molecule has 0 saturated heterocycles. The van der Waals surface area contributed by atoms with Gasteiger partial charge in [0.15, 0.2) is 5.96 Å². The summed E-state index contributed by atoms with van der Waals surface area (Å²) in [6.45, 7) is 4.41. The highest BCUT2D eigenvalue weighted by molar-refractivity contribution is 14.0. The maximum atomic E-state index is 11.6. The van der Waals surface area contributed by atoms with E-state index in [4.69, 9.17) is 4.74 Å². The van der Waals surface area contributed by atoms with E-state index in [0.717, 1.165) is 36.3 Å². The second kappa shape index (κ2) is 12.1. The summed E-state index contributed by atoms with van der Waals surface area (Å²) in [4.78, 5) is 4.68. The quantitative estimate of drug-likeness (QED) is 0.235. The van der Waals surface area contributed by atoms with Gasteiger partial charge in [-0.1, -0.05) is 36.4 Å². The predicted octanol–water partition coefficient (Wildman–Crippen LogP) is 3.72. The largest absolute Gasteiger partial charge is 0.493 e. The highest BCUT2D eigenvalue weighted by atomic mass is 127. The molecule has 0 bridgehead atoms. The third-order valence-corrected chi connectivity index (χ3v) is 5.25. The van der Waals surface area contributed by atoms with E-state index >= 15 is 0 Å². The number of ether oxygens (including phenoxy) is 1. The third kappa shape index (κ3) is 8.94. The molecule has 2 aromatic carbocycles. The number of anilines is 1. The molecular weight excluding hydrogens is 527 g/mol. The fourth-order valence-electron chi connectivity index (χ4n) is 2.93. The Bertz CT molecular complexity index is 978. The van der Waals surface area contributed by atoms with Crippen molar-refractivity contribution in [2.24, 2.45) is 10.9 Å². The minimum atomic E-state index is -3.34. The van der Waals surface area contributed by atoms with Crippen molar-refractivity contribution in [1.29, 1.82) is 0 Å². The van der Waals surface area contributed by atoms with Crippen LogP contribution in [0.4, 0.5) is 5.69 Å². The highest BCUT2D eigenvalue weighted by Gasteiger charge is 2.22. The second-order valence-corrected chi connectivity index (χ2v) is 9.19. The fourth-order valence-corrected chi connectivity index (χ4v) is 3.52.